The van der Waals surface area contributed by atoms with Crippen LogP contribution in [0.2, 0.25) is 0 Å². The van der Waals surface area contributed by atoms with Crippen LogP contribution in [-0.4, -0.2) is 37.0 Å². The van der Waals surface area contributed by atoms with Gasteiger partial charge >= 0.3 is 0 Å². The molecule has 1 N–H and O–H groups in total. The Morgan fingerprint density at radius 3 is 2.75 bits per heavy atom. The van der Waals surface area contributed by atoms with E-state index in [1.807, 2.05) is 0 Å². The van der Waals surface area contributed by atoms with Gasteiger partial charge in [-0.25, -0.2) is 8.78 Å². The summed E-state index contributed by atoms with van der Waals surface area (Å²) < 4.78 is 26.5. The molecule has 0 radical (unpaired) electrons. The fourth-order valence-electron chi connectivity index (χ4n) is 3.09. The van der Waals surface area contributed by atoms with E-state index in [0.717, 1.165) is 38.1 Å². The molecule has 2 saturated heterocycles. The average molecular weight is 303 g/mol. The van der Waals surface area contributed by atoms with E-state index in [0.29, 0.717) is 13.1 Å². The van der Waals surface area contributed by atoms with Crippen LogP contribution in [0.4, 0.5) is 8.78 Å². The molecular formula is C14H17ClF2N2O. The molecule has 0 aromatic heterocycles. The van der Waals surface area contributed by atoms with Gasteiger partial charge in [-0.2, -0.15) is 0 Å². The number of amides is 1. The Morgan fingerprint density at radius 1 is 1.30 bits per heavy atom. The van der Waals surface area contributed by atoms with E-state index >= 15 is 0 Å². The van der Waals surface area contributed by atoms with Crippen molar-refractivity contribution in [2.75, 3.05) is 26.2 Å². The normalized spacial score (nSPS) is 25.0. The lowest BCUT2D eigenvalue weighted by molar-refractivity contribution is 0.0771. The highest BCUT2D eigenvalue weighted by molar-refractivity contribution is 5.94. The first-order chi connectivity index (χ1) is 9.10. The van der Waals surface area contributed by atoms with Crippen LogP contribution in [-0.2, 0) is 0 Å². The van der Waals surface area contributed by atoms with Gasteiger partial charge in [0.15, 0.2) is 0 Å². The molecule has 1 atom stereocenters. The Hall–Kier alpha value is -1.20. The fraction of sp³-hybridized carbons (Fsp3) is 0.500. The molecule has 0 bridgehead atoms. The Bertz CT molecular complexity index is 518. The first-order valence-corrected chi connectivity index (χ1v) is 6.55. The Balaban J connectivity index is 0.00000147. The molecule has 0 saturated carbocycles. The van der Waals surface area contributed by atoms with Crippen molar-refractivity contribution in [3.63, 3.8) is 0 Å². The number of rotatable bonds is 1. The van der Waals surface area contributed by atoms with Crippen LogP contribution in [0.3, 0.4) is 0 Å². The molecule has 6 heteroatoms. The lowest BCUT2D eigenvalue weighted by Gasteiger charge is -2.22. The van der Waals surface area contributed by atoms with Crippen LogP contribution in [0, 0.1) is 17.0 Å². The summed E-state index contributed by atoms with van der Waals surface area (Å²) in [7, 11) is 0. The molecule has 110 valence electrons. The van der Waals surface area contributed by atoms with Gasteiger partial charge < -0.3 is 10.2 Å². The quantitative estimate of drug-likeness (QED) is 0.863. The van der Waals surface area contributed by atoms with E-state index in [4.69, 9.17) is 0 Å². The summed E-state index contributed by atoms with van der Waals surface area (Å²) in [6.45, 7) is 3.21. The predicted octanol–water partition coefficient (Wildman–Crippen LogP) is 2.21. The van der Waals surface area contributed by atoms with Crippen LogP contribution in [0.25, 0.3) is 0 Å². The summed E-state index contributed by atoms with van der Waals surface area (Å²) in [6.07, 6.45) is 2.01. The predicted molar refractivity (Wildman–Crippen MR) is 74.0 cm³/mol. The van der Waals surface area contributed by atoms with Crippen molar-refractivity contribution < 1.29 is 13.6 Å². The summed E-state index contributed by atoms with van der Waals surface area (Å²) in [5.74, 6) is -1.77. The number of benzene rings is 1. The molecular weight excluding hydrogens is 286 g/mol. The Labute approximate surface area is 122 Å². The highest BCUT2D eigenvalue weighted by Gasteiger charge is 2.42. The summed E-state index contributed by atoms with van der Waals surface area (Å²) in [5.41, 5.74) is 0.121. The third-order valence-corrected chi connectivity index (χ3v) is 4.22. The van der Waals surface area contributed by atoms with Gasteiger partial charge in [0, 0.05) is 31.1 Å². The molecule has 3 rings (SSSR count). The minimum absolute atomic E-state index is 0. The van der Waals surface area contributed by atoms with Crippen molar-refractivity contribution in [2.45, 2.75) is 12.8 Å². The third-order valence-electron chi connectivity index (χ3n) is 4.22. The number of nitrogens with one attached hydrogen (secondary N) is 1. The van der Waals surface area contributed by atoms with Gasteiger partial charge in [0.1, 0.15) is 11.6 Å². The Kier molecular flexibility index (Phi) is 4.30. The van der Waals surface area contributed by atoms with Crippen LogP contribution in [0.1, 0.15) is 23.2 Å². The lowest BCUT2D eigenvalue weighted by Crippen LogP contribution is -2.33. The zero-order valence-electron chi connectivity index (χ0n) is 11.0. The SMILES string of the molecule is Cl.O=C(c1ccc(F)cc1F)N1CCC2(CCNC2)C1. The van der Waals surface area contributed by atoms with Gasteiger partial charge in [-0.15, -0.1) is 12.4 Å². The maximum atomic E-state index is 13.6. The Morgan fingerprint density at radius 2 is 2.10 bits per heavy atom. The molecule has 2 fully saturated rings. The number of hydrogen-bond acceptors (Lipinski definition) is 2. The number of carbonyl (C=O) groups is 1. The number of hydrogen-bond donors (Lipinski definition) is 1. The number of halogens is 3. The third kappa shape index (κ3) is 2.65. The zero-order valence-corrected chi connectivity index (χ0v) is 11.8. The molecule has 2 aliphatic rings. The summed E-state index contributed by atoms with van der Waals surface area (Å²) in [6, 6.07) is 3.11. The summed E-state index contributed by atoms with van der Waals surface area (Å²) in [5, 5.41) is 3.31. The van der Waals surface area contributed by atoms with E-state index in [-0.39, 0.29) is 29.3 Å². The topological polar surface area (TPSA) is 32.3 Å². The molecule has 2 heterocycles. The first kappa shape index (κ1) is 15.2. The fourth-order valence-corrected chi connectivity index (χ4v) is 3.09. The van der Waals surface area contributed by atoms with E-state index < -0.39 is 11.6 Å². The van der Waals surface area contributed by atoms with Crippen molar-refractivity contribution in [1.29, 1.82) is 0 Å². The van der Waals surface area contributed by atoms with E-state index in [9.17, 15) is 13.6 Å². The molecule has 0 aliphatic carbocycles. The van der Waals surface area contributed by atoms with Gasteiger partial charge in [-0.3, -0.25) is 4.79 Å². The number of carbonyl (C=O) groups excluding carboxylic acids is 1. The van der Waals surface area contributed by atoms with Crippen molar-refractivity contribution in [3.05, 3.63) is 35.4 Å². The zero-order chi connectivity index (χ0) is 13.5. The van der Waals surface area contributed by atoms with Crippen molar-refractivity contribution in [3.8, 4) is 0 Å². The highest BCUT2D eigenvalue weighted by atomic mass is 35.5. The van der Waals surface area contributed by atoms with E-state index in [2.05, 4.69) is 5.32 Å². The smallest absolute Gasteiger partial charge is 0.256 e. The molecule has 2 aliphatic heterocycles. The van der Waals surface area contributed by atoms with Gasteiger partial charge in [0.25, 0.3) is 5.91 Å². The first-order valence-electron chi connectivity index (χ1n) is 6.55. The monoisotopic (exact) mass is 302 g/mol. The van der Waals surface area contributed by atoms with Crippen molar-refractivity contribution in [2.24, 2.45) is 5.41 Å². The highest BCUT2D eigenvalue weighted by Crippen LogP contribution is 2.36. The molecule has 1 unspecified atom stereocenters. The van der Waals surface area contributed by atoms with Crippen LogP contribution < -0.4 is 5.32 Å². The van der Waals surface area contributed by atoms with Crippen LogP contribution in [0.15, 0.2) is 18.2 Å². The second-order valence-corrected chi connectivity index (χ2v) is 5.53. The van der Waals surface area contributed by atoms with Gasteiger partial charge in [0.2, 0.25) is 0 Å². The largest absolute Gasteiger partial charge is 0.338 e. The molecule has 1 aromatic carbocycles. The van der Waals surface area contributed by atoms with Crippen LogP contribution >= 0.6 is 12.4 Å². The molecule has 3 nitrogen and oxygen atoms in total. The molecule has 1 aromatic rings. The lowest BCUT2D eigenvalue weighted by atomic mass is 9.86. The maximum absolute atomic E-state index is 13.6. The van der Waals surface area contributed by atoms with Crippen LogP contribution in [0.5, 0.6) is 0 Å². The minimum atomic E-state index is -0.782. The summed E-state index contributed by atoms with van der Waals surface area (Å²) >= 11 is 0. The standard InChI is InChI=1S/C14H16F2N2O.ClH/c15-10-1-2-11(12(16)7-10)13(19)18-6-4-14(9-18)3-5-17-8-14;/h1-2,7,17H,3-6,8-9H2;1H. The second-order valence-electron chi connectivity index (χ2n) is 5.53. The minimum Gasteiger partial charge on any atom is -0.338 e. The van der Waals surface area contributed by atoms with E-state index in [1.165, 1.54) is 6.07 Å². The molecule has 20 heavy (non-hydrogen) atoms. The average Bonchev–Trinajstić information content (AvgIpc) is 3.00. The van der Waals surface area contributed by atoms with Crippen molar-refractivity contribution in [1.82, 2.24) is 10.2 Å². The number of nitrogens with zero attached hydrogens (tertiary/aromatic N) is 1. The summed E-state index contributed by atoms with van der Waals surface area (Å²) in [4.78, 5) is 13.9. The second kappa shape index (κ2) is 5.66. The van der Waals surface area contributed by atoms with Crippen molar-refractivity contribution >= 4 is 18.3 Å². The van der Waals surface area contributed by atoms with Gasteiger partial charge in [-0.1, -0.05) is 0 Å². The molecule has 1 amide bonds. The number of likely N-dealkylation sites (tertiary alicyclic amines) is 1. The van der Waals surface area contributed by atoms with Gasteiger partial charge in [0.05, 0.1) is 5.56 Å². The maximum Gasteiger partial charge on any atom is 0.256 e. The van der Waals surface area contributed by atoms with E-state index in [1.54, 1.807) is 4.90 Å². The van der Waals surface area contributed by atoms with Gasteiger partial charge in [-0.05, 0) is 31.5 Å². The molecule has 1 spiro atoms.